The van der Waals surface area contributed by atoms with E-state index in [1.54, 1.807) is 10.9 Å². The molecule has 3 atom stereocenters. The van der Waals surface area contributed by atoms with Gasteiger partial charge in [0.2, 0.25) is 0 Å². The quantitative estimate of drug-likeness (QED) is 0.864. The molecular formula is C16H29ClN4O. The Morgan fingerprint density at radius 1 is 1.55 bits per heavy atom. The number of hydrogen-bond donors (Lipinski definition) is 2. The van der Waals surface area contributed by atoms with Crippen molar-refractivity contribution in [2.75, 3.05) is 26.2 Å². The number of aliphatic hydroxyl groups excluding tert-OH is 1. The van der Waals surface area contributed by atoms with Crippen LogP contribution in [-0.2, 0) is 7.05 Å². The van der Waals surface area contributed by atoms with Crippen molar-refractivity contribution in [1.82, 2.24) is 20.0 Å². The molecule has 1 aromatic heterocycles. The van der Waals surface area contributed by atoms with Gasteiger partial charge in [0.05, 0.1) is 12.3 Å². The van der Waals surface area contributed by atoms with Crippen molar-refractivity contribution >= 4 is 12.4 Å². The Morgan fingerprint density at radius 2 is 2.36 bits per heavy atom. The molecule has 0 saturated carbocycles. The lowest BCUT2D eigenvalue weighted by Crippen LogP contribution is -2.40. The molecule has 0 amide bonds. The SMILES string of the molecule is Cl.Cn1cc(C(O)CC2CCCN2CC2(C)CCNC2)cn1. The lowest BCUT2D eigenvalue weighted by Gasteiger charge is -2.33. The average molecular weight is 329 g/mol. The first kappa shape index (κ1) is 17.7. The first-order chi connectivity index (χ1) is 10.1. The van der Waals surface area contributed by atoms with Crippen LogP contribution in [0.2, 0.25) is 0 Å². The molecule has 3 rings (SSSR count). The summed E-state index contributed by atoms with van der Waals surface area (Å²) in [6, 6.07) is 0.512. The van der Waals surface area contributed by atoms with Crippen molar-refractivity contribution in [2.24, 2.45) is 12.5 Å². The van der Waals surface area contributed by atoms with Gasteiger partial charge in [0.15, 0.2) is 0 Å². The number of likely N-dealkylation sites (tertiary alicyclic amines) is 1. The summed E-state index contributed by atoms with van der Waals surface area (Å²) in [4.78, 5) is 2.60. The fourth-order valence-electron chi connectivity index (χ4n) is 3.87. The second kappa shape index (κ2) is 7.30. The summed E-state index contributed by atoms with van der Waals surface area (Å²) in [5.41, 5.74) is 1.35. The van der Waals surface area contributed by atoms with E-state index in [9.17, 15) is 5.11 Å². The first-order valence-corrected chi connectivity index (χ1v) is 8.17. The lowest BCUT2D eigenvalue weighted by atomic mass is 9.88. The van der Waals surface area contributed by atoms with E-state index < -0.39 is 0 Å². The molecule has 22 heavy (non-hydrogen) atoms. The van der Waals surface area contributed by atoms with E-state index >= 15 is 0 Å². The minimum atomic E-state index is -0.390. The van der Waals surface area contributed by atoms with Crippen LogP contribution in [0.5, 0.6) is 0 Å². The zero-order valence-electron chi connectivity index (χ0n) is 13.7. The van der Waals surface area contributed by atoms with Crippen LogP contribution in [0.1, 0.15) is 44.3 Å². The molecule has 126 valence electrons. The highest BCUT2D eigenvalue weighted by Gasteiger charge is 2.35. The average Bonchev–Trinajstić information content (AvgIpc) is 3.14. The number of hydrogen-bond acceptors (Lipinski definition) is 4. The maximum atomic E-state index is 10.4. The summed E-state index contributed by atoms with van der Waals surface area (Å²) < 4.78 is 1.76. The maximum Gasteiger partial charge on any atom is 0.0835 e. The predicted octanol–water partition coefficient (Wildman–Crippen LogP) is 1.73. The fourth-order valence-corrected chi connectivity index (χ4v) is 3.87. The number of nitrogens with zero attached hydrogens (tertiary/aromatic N) is 3. The Labute approximate surface area is 139 Å². The van der Waals surface area contributed by atoms with E-state index in [-0.39, 0.29) is 18.5 Å². The Morgan fingerprint density at radius 3 is 3.00 bits per heavy atom. The van der Waals surface area contributed by atoms with Crippen molar-refractivity contribution in [2.45, 2.75) is 44.8 Å². The van der Waals surface area contributed by atoms with Crippen LogP contribution < -0.4 is 5.32 Å². The zero-order valence-corrected chi connectivity index (χ0v) is 14.5. The molecule has 0 bridgehead atoms. The van der Waals surface area contributed by atoms with Gasteiger partial charge < -0.3 is 10.4 Å². The molecule has 0 aliphatic carbocycles. The van der Waals surface area contributed by atoms with Gasteiger partial charge in [-0.15, -0.1) is 12.4 Å². The summed E-state index contributed by atoms with van der Waals surface area (Å²) in [5.74, 6) is 0. The number of aliphatic hydroxyl groups is 1. The van der Waals surface area contributed by atoms with Gasteiger partial charge in [-0.2, -0.15) is 5.10 Å². The summed E-state index contributed by atoms with van der Waals surface area (Å²) in [6.07, 6.45) is 7.88. The van der Waals surface area contributed by atoms with Crippen molar-refractivity contribution in [3.63, 3.8) is 0 Å². The van der Waals surface area contributed by atoms with E-state index in [1.165, 1.54) is 25.8 Å². The monoisotopic (exact) mass is 328 g/mol. The van der Waals surface area contributed by atoms with Gasteiger partial charge in [0.25, 0.3) is 0 Å². The van der Waals surface area contributed by atoms with Crippen LogP contribution in [-0.4, -0.2) is 52.0 Å². The molecule has 2 N–H and O–H groups in total. The molecule has 2 saturated heterocycles. The Bertz CT molecular complexity index is 472. The largest absolute Gasteiger partial charge is 0.388 e. The number of halogens is 1. The summed E-state index contributed by atoms with van der Waals surface area (Å²) in [7, 11) is 1.89. The molecule has 3 heterocycles. The van der Waals surface area contributed by atoms with Gasteiger partial charge in [-0.1, -0.05) is 6.92 Å². The maximum absolute atomic E-state index is 10.4. The molecule has 3 unspecified atom stereocenters. The molecular weight excluding hydrogens is 300 g/mol. The molecule has 2 aliphatic heterocycles. The van der Waals surface area contributed by atoms with Crippen molar-refractivity contribution in [3.05, 3.63) is 18.0 Å². The second-order valence-electron chi connectivity index (χ2n) is 7.20. The molecule has 0 radical (unpaired) electrons. The zero-order chi connectivity index (χ0) is 14.9. The summed E-state index contributed by atoms with van der Waals surface area (Å²) in [6.45, 7) is 7.00. The van der Waals surface area contributed by atoms with Crippen molar-refractivity contribution in [3.8, 4) is 0 Å². The van der Waals surface area contributed by atoms with Crippen LogP contribution >= 0.6 is 12.4 Å². The molecule has 6 heteroatoms. The fraction of sp³-hybridized carbons (Fsp3) is 0.812. The summed E-state index contributed by atoms with van der Waals surface area (Å²) in [5, 5.41) is 18.1. The normalized spacial score (nSPS) is 30.4. The van der Waals surface area contributed by atoms with E-state index in [0.29, 0.717) is 11.5 Å². The van der Waals surface area contributed by atoms with Crippen LogP contribution in [0.25, 0.3) is 0 Å². The van der Waals surface area contributed by atoms with Gasteiger partial charge >= 0.3 is 0 Å². The Balaban J connectivity index is 0.00000176. The van der Waals surface area contributed by atoms with E-state index in [4.69, 9.17) is 0 Å². The van der Waals surface area contributed by atoms with Gasteiger partial charge in [0.1, 0.15) is 0 Å². The third-order valence-corrected chi connectivity index (χ3v) is 5.15. The first-order valence-electron chi connectivity index (χ1n) is 8.17. The van der Waals surface area contributed by atoms with E-state index in [1.807, 2.05) is 13.2 Å². The number of rotatable bonds is 5. The van der Waals surface area contributed by atoms with Gasteiger partial charge in [-0.25, -0.2) is 0 Å². The van der Waals surface area contributed by atoms with Crippen molar-refractivity contribution < 1.29 is 5.11 Å². The minimum Gasteiger partial charge on any atom is -0.388 e. The minimum absolute atomic E-state index is 0. The van der Waals surface area contributed by atoms with Gasteiger partial charge in [-0.05, 0) is 44.2 Å². The smallest absolute Gasteiger partial charge is 0.0835 e. The standard InChI is InChI=1S/C16H28N4O.ClH/c1-16(5-6-17-11-16)12-20-7-3-4-14(20)8-15(21)13-9-18-19(2)10-13;/h9-10,14-15,17,21H,3-8,11-12H2,1-2H3;1H. The molecule has 0 spiro atoms. The Kier molecular flexibility index (Phi) is 5.88. The lowest BCUT2D eigenvalue weighted by molar-refractivity contribution is 0.0995. The predicted molar refractivity (Wildman–Crippen MR) is 90.2 cm³/mol. The van der Waals surface area contributed by atoms with Crippen molar-refractivity contribution in [1.29, 1.82) is 0 Å². The summed E-state index contributed by atoms with van der Waals surface area (Å²) >= 11 is 0. The number of aromatic nitrogens is 2. The van der Waals surface area contributed by atoms with Gasteiger partial charge in [-0.3, -0.25) is 9.58 Å². The molecule has 5 nitrogen and oxygen atoms in total. The topological polar surface area (TPSA) is 53.3 Å². The third kappa shape index (κ3) is 4.02. The van der Waals surface area contributed by atoms with E-state index in [2.05, 4.69) is 22.2 Å². The van der Waals surface area contributed by atoms with Crippen LogP contribution in [0.3, 0.4) is 0 Å². The molecule has 1 aromatic rings. The van der Waals surface area contributed by atoms with Crippen LogP contribution in [0, 0.1) is 5.41 Å². The second-order valence-corrected chi connectivity index (χ2v) is 7.20. The third-order valence-electron chi connectivity index (χ3n) is 5.15. The molecule has 2 fully saturated rings. The van der Waals surface area contributed by atoms with E-state index in [0.717, 1.165) is 31.6 Å². The van der Waals surface area contributed by atoms with Gasteiger partial charge in [0, 0.05) is 37.9 Å². The van der Waals surface area contributed by atoms with Crippen LogP contribution in [0.15, 0.2) is 12.4 Å². The number of nitrogens with one attached hydrogen (secondary N) is 1. The molecule has 2 aliphatic rings. The van der Waals surface area contributed by atoms with Crippen LogP contribution in [0.4, 0.5) is 0 Å². The highest BCUT2D eigenvalue weighted by Crippen LogP contribution is 2.32. The highest BCUT2D eigenvalue weighted by atomic mass is 35.5. The highest BCUT2D eigenvalue weighted by molar-refractivity contribution is 5.85. The number of aryl methyl sites for hydroxylation is 1. The molecule has 0 aromatic carbocycles. The Hall–Kier alpha value is -0.620.